The van der Waals surface area contributed by atoms with E-state index in [0.29, 0.717) is 11.6 Å². The summed E-state index contributed by atoms with van der Waals surface area (Å²) in [6, 6.07) is 14.2. The predicted octanol–water partition coefficient (Wildman–Crippen LogP) is 2.89. The van der Waals surface area contributed by atoms with Crippen LogP contribution in [0.4, 0.5) is 5.69 Å². The number of nitrogens with one attached hydrogen (secondary N) is 1. The number of halogens is 1. The molecule has 0 atom stereocenters. The first-order valence-corrected chi connectivity index (χ1v) is 13.1. The molecule has 0 saturated heterocycles. The van der Waals surface area contributed by atoms with Gasteiger partial charge in [-0.25, -0.2) is 8.42 Å². The lowest BCUT2D eigenvalue weighted by Gasteiger charge is -2.14. The molecule has 35 heavy (non-hydrogen) atoms. The van der Waals surface area contributed by atoms with E-state index in [4.69, 9.17) is 21.5 Å². The maximum atomic E-state index is 12.6. The minimum Gasteiger partial charge on any atom is -0.483 e. The zero-order valence-corrected chi connectivity index (χ0v) is 21.4. The summed E-state index contributed by atoms with van der Waals surface area (Å²) in [6.45, 7) is 1.88. The molecular formula is C24H31ClN4O5S. The fourth-order valence-corrected chi connectivity index (χ4v) is 4.74. The van der Waals surface area contributed by atoms with Gasteiger partial charge in [-0.2, -0.15) is 5.10 Å². The fraction of sp³-hybridized carbons (Fsp3) is 0.375. The van der Waals surface area contributed by atoms with Gasteiger partial charge < -0.3 is 15.3 Å². The van der Waals surface area contributed by atoms with E-state index < -0.39 is 9.84 Å². The van der Waals surface area contributed by atoms with E-state index >= 15 is 0 Å². The van der Waals surface area contributed by atoms with Crippen LogP contribution < -0.4 is 10.3 Å². The Hall–Kier alpha value is -2.95. The molecule has 2 aromatic rings. The van der Waals surface area contributed by atoms with Gasteiger partial charge in [0.15, 0.2) is 9.84 Å². The molecule has 0 saturated carbocycles. The number of rotatable bonds is 10. The Morgan fingerprint density at radius 3 is 2.40 bits per heavy atom. The zero-order chi connectivity index (χ0) is 25.8. The number of benzene rings is 2. The number of anilines is 1. The van der Waals surface area contributed by atoms with Crippen molar-refractivity contribution in [3.05, 3.63) is 59.1 Å². The summed E-state index contributed by atoms with van der Waals surface area (Å²) in [5.74, 6) is -0.459. The normalized spacial score (nSPS) is 13.1. The standard InChI is InChI=1S/C23H29ClN4O3S.CH2O2/c1-27(2)15-3-14-25-23(29)13-17-32(30,31)21-10-8-20(9-11-21)28-16-12-22(26-28)18-4-6-19(24)7-5-18;2-1-3/h4-11H,3,12-17H2,1-2H3,(H,25,29);1H,(H,2,3). The lowest BCUT2D eigenvalue weighted by Crippen LogP contribution is -2.28. The minimum absolute atomic E-state index is 0.0487. The number of amides is 1. The predicted molar refractivity (Wildman–Crippen MR) is 138 cm³/mol. The van der Waals surface area contributed by atoms with Crippen LogP contribution in [0.3, 0.4) is 0 Å². The van der Waals surface area contributed by atoms with Crippen molar-refractivity contribution in [2.75, 3.05) is 44.5 Å². The van der Waals surface area contributed by atoms with Gasteiger partial charge in [0.05, 0.1) is 22.0 Å². The van der Waals surface area contributed by atoms with Crippen LogP contribution in [-0.2, 0) is 19.4 Å². The van der Waals surface area contributed by atoms with Crippen molar-refractivity contribution in [2.45, 2.75) is 24.2 Å². The largest absolute Gasteiger partial charge is 0.483 e. The van der Waals surface area contributed by atoms with Crippen LogP contribution in [0.25, 0.3) is 0 Å². The van der Waals surface area contributed by atoms with E-state index in [0.717, 1.165) is 42.9 Å². The summed E-state index contributed by atoms with van der Waals surface area (Å²) in [7, 11) is 0.400. The first kappa shape index (κ1) is 28.3. The second kappa shape index (κ2) is 13.8. The first-order valence-electron chi connectivity index (χ1n) is 11.1. The van der Waals surface area contributed by atoms with Crippen molar-refractivity contribution < 1.29 is 23.1 Å². The fourth-order valence-electron chi connectivity index (χ4n) is 3.37. The number of hydrazone groups is 1. The van der Waals surface area contributed by atoms with Crippen LogP contribution in [0, 0.1) is 0 Å². The summed E-state index contributed by atoms with van der Waals surface area (Å²) < 4.78 is 25.2. The van der Waals surface area contributed by atoms with E-state index in [2.05, 4.69) is 10.4 Å². The topological polar surface area (TPSA) is 119 Å². The molecule has 1 aliphatic rings. The molecule has 2 aromatic carbocycles. The highest BCUT2D eigenvalue weighted by Gasteiger charge is 2.20. The Labute approximate surface area is 211 Å². The van der Waals surface area contributed by atoms with Gasteiger partial charge >= 0.3 is 0 Å². The van der Waals surface area contributed by atoms with Crippen molar-refractivity contribution >= 4 is 45.2 Å². The third-order valence-corrected chi connectivity index (χ3v) is 7.16. The Bertz CT molecular complexity index is 1100. The van der Waals surface area contributed by atoms with E-state index in [9.17, 15) is 13.2 Å². The molecule has 0 aromatic heterocycles. The van der Waals surface area contributed by atoms with Crippen LogP contribution in [0.1, 0.15) is 24.8 Å². The summed E-state index contributed by atoms with van der Waals surface area (Å²) in [6.07, 6.45) is 1.57. The maximum absolute atomic E-state index is 12.6. The SMILES string of the molecule is CN(C)CCCNC(=O)CCS(=O)(=O)c1ccc(N2CCC(c3ccc(Cl)cc3)=N2)cc1.O=CO. The second-order valence-corrected chi connectivity index (χ2v) is 10.6. The quantitative estimate of drug-likeness (QED) is 0.363. The zero-order valence-electron chi connectivity index (χ0n) is 19.9. The number of carbonyl (C=O) groups is 2. The smallest absolute Gasteiger partial charge is 0.290 e. The molecule has 9 nitrogen and oxygen atoms in total. The summed E-state index contributed by atoms with van der Waals surface area (Å²) in [5, 5.41) is 16.9. The van der Waals surface area contributed by atoms with Crippen molar-refractivity contribution in [3.8, 4) is 0 Å². The Morgan fingerprint density at radius 2 is 1.80 bits per heavy atom. The average molecular weight is 523 g/mol. The minimum atomic E-state index is -3.53. The van der Waals surface area contributed by atoms with E-state index in [1.807, 2.05) is 48.3 Å². The molecule has 0 unspecified atom stereocenters. The first-order chi connectivity index (χ1) is 16.7. The molecule has 3 rings (SSSR count). The number of hydrogen-bond acceptors (Lipinski definition) is 7. The molecule has 1 heterocycles. The van der Waals surface area contributed by atoms with Crippen molar-refractivity contribution in [3.63, 3.8) is 0 Å². The molecule has 0 fully saturated rings. The molecule has 0 spiro atoms. The van der Waals surface area contributed by atoms with Crippen LogP contribution in [0.5, 0.6) is 0 Å². The number of carbonyl (C=O) groups excluding carboxylic acids is 1. The maximum Gasteiger partial charge on any atom is 0.290 e. The van der Waals surface area contributed by atoms with Gasteiger partial charge in [-0.1, -0.05) is 23.7 Å². The van der Waals surface area contributed by atoms with E-state index in [1.165, 1.54) is 0 Å². The molecule has 0 bridgehead atoms. The van der Waals surface area contributed by atoms with Gasteiger partial charge in [0, 0.05) is 31.0 Å². The lowest BCUT2D eigenvalue weighted by atomic mass is 10.1. The lowest BCUT2D eigenvalue weighted by molar-refractivity contribution is -0.123. The monoisotopic (exact) mass is 522 g/mol. The molecule has 0 radical (unpaired) electrons. The van der Waals surface area contributed by atoms with Crippen LogP contribution in [0.2, 0.25) is 5.02 Å². The molecule has 11 heteroatoms. The molecular weight excluding hydrogens is 492 g/mol. The Morgan fingerprint density at radius 1 is 1.17 bits per heavy atom. The van der Waals surface area contributed by atoms with Crippen molar-refractivity contribution in [2.24, 2.45) is 5.10 Å². The van der Waals surface area contributed by atoms with Crippen molar-refractivity contribution in [1.29, 1.82) is 0 Å². The Kier molecular flexibility index (Phi) is 11.2. The van der Waals surface area contributed by atoms with E-state index in [1.54, 1.807) is 24.3 Å². The molecule has 190 valence electrons. The van der Waals surface area contributed by atoms with E-state index in [-0.39, 0.29) is 29.4 Å². The molecule has 2 N–H and O–H groups in total. The number of carboxylic acid groups (broad SMARTS) is 1. The van der Waals surface area contributed by atoms with Gasteiger partial charge in [-0.15, -0.1) is 0 Å². The highest BCUT2D eigenvalue weighted by atomic mass is 35.5. The summed E-state index contributed by atoms with van der Waals surface area (Å²) in [4.78, 5) is 22.5. The van der Waals surface area contributed by atoms with Gasteiger partial charge in [-0.3, -0.25) is 14.6 Å². The number of sulfone groups is 1. The third-order valence-electron chi connectivity index (χ3n) is 5.18. The molecule has 0 aliphatic carbocycles. The second-order valence-electron chi connectivity index (χ2n) is 8.10. The van der Waals surface area contributed by atoms with Gasteiger partial charge in [0.2, 0.25) is 5.91 Å². The molecule has 1 amide bonds. The summed E-state index contributed by atoms with van der Waals surface area (Å²) in [5.41, 5.74) is 2.82. The van der Waals surface area contributed by atoms with Crippen LogP contribution in [0.15, 0.2) is 58.5 Å². The van der Waals surface area contributed by atoms with Crippen LogP contribution in [-0.4, -0.2) is 76.0 Å². The molecule has 1 aliphatic heterocycles. The number of hydrogen-bond donors (Lipinski definition) is 2. The highest BCUT2D eigenvalue weighted by molar-refractivity contribution is 7.91. The number of nitrogens with zero attached hydrogens (tertiary/aromatic N) is 3. The Balaban J connectivity index is 0.00000137. The third kappa shape index (κ3) is 9.31. The van der Waals surface area contributed by atoms with Crippen molar-refractivity contribution in [1.82, 2.24) is 10.2 Å². The highest BCUT2D eigenvalue weighted by Crippen LogP contribution is 2.24. The van der Waals surface area contributed by atoms with Gasteiger partial charge in [0.25, 0.3) is 6.47 Å². The summed E-state index contributed by atoms with van der Waals surface area (Å²) >= 11 is 5.95. The average Bonchev–Trinajstić information content (AvgIpc) is 3.32. The van der Waals surface area contributed by atoms with Crippen LogP contribution >= 0.6 is 11.6 Å². The van der Waals surface area contributed by atoms with Gasteiger partial charge in [0.1, 0.15) is 0 Å². The van der Waals surface area contributed by atoms with Gasteiger partial charge in [-0.05, 0) is 69.0 Å².